The van der Waals surface area contributed by atoms with Crippen molar-refractivity contribution in [1.82, 2.24) is 15.5 Å². The van der Waals surface area contributed by atoms with E-state index in [0.717, 1.165) is 49.4 Å². The molecule has 0 bridgehead atoms. The molecule has 0 radical (unpaired) electrons. The van der Waals surface area contributed by atoms with Crippen molar-refractivity contribution in [3.8, 4) is 0 Å². The molecule has 3 rings (SSSR count). The first kappa shape index (κ1) is 14.9. The largest absolute Gasteiger partial charge is 0.354 e. The minimum Gasteiger partial charge on any atom is -0.354 e. The number of aromatic nitrogens is 2. The van der Waals surface area contributed by atoms with Gasteiger partial charge in [-0.1, -0.05) is 6.07 Å². The number of aryl methyl sites for hydroxylation is 1. The van der Waals surface area contributed by atoms with Gasteiger partial charge >= 0.3 is 0 Å². The van der Waals surface area contributed by atoms with E-state index in [2.05, 4.69) is 20.4 Å². The van der Waals surface area contributed by atoms with Crippen LogP contribution in [0.25, 0.3) is 0 Å². The summed E-state index contributed by atoms with van der Waals surface area (Å²) in [6, 6.07) is 9.31. The van der Waals surface area contributed by atoms with E-state index in [1.807, 2.05) is 25.1 Å². The van der Waals surface area contributed by atoms with Crippen LogP contribution in [0.4, 0.5) is 10.2 Å². The predicted octanol–water partition coefficient (Wildman–Crippen LogP) is 2.68. The second-order valence-corrected chi connectivity index (χ2v) is 5.82. The summed E-state index contributed by atoms with van der Waals surface area (Å²) >= 11 is 0. The molecule has 1 atom stereocenters. The lowest BCUT2D eigenvalue weighted by atomic mass is 10.0. The van der Waals surface area contributed by atoms with Gasteiger partial charge in [0.15, 0.2) is 5.82 Å². The standard InChI is InChI=1S/C17H21FN4/c1-13-10-15(18)7-6-14(13)11-19-16-4-3-9-22(12-16)17-5-2-8-20-21-17/h2,5-8,10,16,19H,3-4,9,11-12H2,1H3/t16-/m1/s1. The van der Waals surface area contributed by atoms with Crippen molar-refractivity contribution in [3.63, 3.8) is 0 Å². The first-order chi connectivity index (χ1) is 10.7. The van der Waals surface area contributed by atoms with Crippen LogP contribution in [0, 0.1) is 12.7 Å². The zero-order chi connectivity index (χ0) is 15.4. The monoisotopic (exact) mass is 300 g/mol. The highest BCUT2D eigenvalue weighted by Gasteiger charge is 2.20. The molecule has 4 nitrogen and oxygen atoms in total. The summed E-state index contributed by atoms with van der Waals surface area (Å²) < 4.78 is 13.1. The Labute approximate surface area is 130 Å². The maximum atomic E-state index is 13.1. The molecule has 0 saturated carbocycles. The van der Waals surface area contributed by atoms with Gasteiger partial charge in [-0.25, -0.2) is 4.39 Å². The van der Waals surface area contributed by atoms with Crippen LogP contribution in [0.15, 0.2) is 36.5 Å². The van der Waals surface area contributed by atoms with Gasteiger partial charge in [-0.3, -0.25) is 0 Å². The second kappa shape index (κ2) is 6.83. The molecule has 1 aromatic heterocycles. The fraction of sp³-hybridized carbons (Fsp3) is 0.412. The van der Waals surface area contributed by atoms with Gasteiger partial charge in [0.05, 0.1) is 0 Å². The Morgan fingerprint density at radius 2 is 2.27 bits per heavy atom. The molecular weight excluding hydrogens is 279 g/mol. The average Bonchev–Trinajstić information content (AvgIpc) is 2.55. The molecule has 0 unspecified atom stereocenters. The summed E-state index contributed by atoms with van der Waals surface area (Å²) in [5.41, 5.74) is 2.15. The van der Waals surface area contributed by atoms with E-state index in [0.29, 0.717) is 6.04 Å². The van der Waals surface area contributed by atoms with E-state index < -0.39 is 0 Å². The maximum Gasteiger partial charge on any atom is 0.151 e. The van der Waals surface area contributed by atoms with E-state index in [1.165, 1.54) is 6.07 Å². The molecule has 2 aromatic rings. The Kier molecular flexibility index (Phi) is 4.63. The number of benzene rings is 1. The molecule has 0 aliphatic carbocycles. The Hall–Kier alpha value is -2.01. The molecular formula is C17H21FN4. The molecule has 22 heavy (non-hydrogen) atoms. The lowest BCUT2D eigenvalue weighted by molar-refractivity contribution is 0.419. The van der Waals surface area contributed by atoms with Gasteiger partial charge < -0.3 is 10.2 Å². The van der Waals surface area contributed by atoms with Crippen molar-refractivity contribution in [3.05, 3.63) is 53.5 Å². The smallest absolute Gasteiger partial charge is 0.151 e. The maximum absolute atomic E-state index is 13.1. The fourth-order valence-electron chi connectivity index (χ4n) is 2.93. The van der Waals surface area contributed by atoms with Crippen LogP contribution in [0.1, 0.15) is 24.0 Å². The minimum atomic E-state index is -0.173. The summed E-state index contributed by atoms with van der Waals surface area (Å²) in [4.78, 5) is 2.27. The third-order valence-corrected chi connectivity index (χ3v) is 4.19. The van der Waals surface area contributed by atoms with Crippen molar-refractivity contribution in [2.45, 2.75) is 32.4 Å². The number of rotatable bonds is 4. The summed E-state index contributed by atoms with van der Waals surface area (Å²) in [5, 5.41) is 11.7. The van der Waals surface area contributed by atoms with Crippen LogP contribution < -0.4 is 10.2 Å². The van der Waals surface area contributed by atoms with E-state index in [4.69, 9.17) is 0 Å². The molecule has 0 amide bonds. The Morgan fingerprint density at radius 3 is 3.05 bits per heavy atom. The van der Waals surface area contributed by atoms with Crippen molar-refractivity contribution in [2.75, 3.05) is 18.0 Å². The Morgan fingerprint density at radius 1 is 1.36 bits per heavy atom. The number of hydrogen-bond acceptors (Lipinski definition) is 4. The van der Waals surface area contributed by atoms with Crippen LogP contribution in [0.2, 0.25) is 0 Å². The van der Waals surface area contributed by atoms with Crippen molar-refractivity contribution < 1.29 is 4.39 Å². The number of anilines is 1. The topological polar surface area (TPSA) is 41.0 Å². The Balaban J connectivity index is 1.59. The van der Waals surface area contributed by atoms with Gasteiger partial charge in [0.25, 0.3) is 0 Å². The number of halogens is 1. The van der Waals surface area contributed by atoms with E-state index in [9.17, 15) is 4.39 Å². The highest BCUT2D eigenvalue weighted by atomic mass is 19.1. The first-order valence-electron chi connectivity index (χ1n) is 7.73. The zero-order valence-electron chi connectivity index (χ0n) is 12.8. The number of nitrogens with zero attached hydrogens (tertiary/aromatic N) is 3. The molecule has 116 valence electrons. The van der Waals surface area contributed by atoms with Gasteiger partial charge in [0, 0.05) is 31.9 Å². The molecule has 1 aromatic carbocycles. The summed E-state index contributed by atoms with van der Waals surface area (Å²) in [6.45, 7) is 4.67. The Bertz CT molecular complexity index is 617. The van der Waals surface area contributed by atoms with Gasteiger partial charge in [-0.2, -0.15) is 5.10 Å². The number of piperidine rings is 1. The van der Waals surface area contributed by atoms with Crippen LogP contribution >= 0.6 is 0 Å². The lowest BCUT2D eigenvalue weighted by Crippen LogP contribution is -2.45. The first-order valence-corrected chi connectivity index (χ1v) is 7.73. The number of nitrogens with one attached hydrogen (secondary N) is 1. The highest BCUT2D eigenvalue weighted by molar-refractivity contribution is 5.37. The molecule has 2 heterocycles. The summed E-state index contributed by atoms with van der Waals surface area (Å²) in [7, 11) is 0. The van der Waals surface area contributed by atoms with Crippen molar-refractivity contribution >= 4 is 5.82 Å². The molecule has 1 N–H and O–H groups in total. The normalized spacial score (nSPS) is 18.5. The van der Waals surface area contributed by atoms with Gasteiger partial charge in [-0.15, -0.1) is 5.10 Å². The summed E-state index contributed by atoms with van der Waals surface area (Å²) in [5.74, 6) is 0.764. The van der Waals surface area contributed by atoms with Crippen LogP contribution in [-0.4, -0.2) is 29.3 Å². The highest BCUT2D eigenvalue weighted by Crippen LogP contribution is 2.17. The van der Waals surface area contributed by atoms with E-state index >= 15 is 0 Å². The molecule has 1 saturated heterocycles. The zero-order valence-corrected chi connectivity index (χ0v) is 12.8. The lowest BCUT2D eigenvalue weighted by Gasteiger charge is -2.33. The third-order valence-electron chi connectivity index (χ3n) is 4.19. The molecule has 0 spiro atoms. The summed E-state index contributed by atoms with van der Waals surface area (Å²) in [6.07, 6.45) is 3.98. The molecule has 1 fully saturated rings. The van der Waals surface area contributed by atoms with Crippen LogP contribution in [0.5, 0.6) is 0 Å². The molecule has 1 aliphatic heterocycles. The molecule has 5 heteroatoms. The fourth-order valence-corrected chi connectivity index (χ4v) is 2.93. The van der Waals surface area contributed by atoms with Gasteiger partial charge in [0.2, 0.25) is 0 Å². The van der Waals surface area contributed by atoms with Gasteiger partial charge in [0.1, 0.15) is 5.82 Å². The number of hydrogen-bond donors (Lipinski definition) is 1. The van der Waals surface area contributed by atoms with E-state index in [1.54, 1.807) is 12.3 Å². The molecule has 1 aliphatic rings. The van der Waals surface area contributed by atoms with Crippen LogP contribution in [0.3, 0.4) is 0 Å². The second-order valence-electron chi connectivity index (χ2n) is 5.82. The average molecular weight is 300 g/mol. The third kappa shape index (κ3) is 3.60. The SMILES string of the molecule is Cc1cc(F)ccc1CN[C@@H]1CCCN(c2cccnn2)C1. The predicted molar refractivity (Wildman–Crippen MR) is 85.2 cm³/mol. The minimum absolute atomic E-state index is 0.173. The van der Waals surface area contributed by atoms with Crippen molar-refractivity contribution in [2.24, 2.45) is 0 Å². The van der Waals surface area contributed by atoms with Gasteiger partial charge in [-0.05, 0) is 55.2 Å². The van der Waals surface area contributed by atoms with Crippen LogP contribution in [-0.2, 0) is 6.54 Å². The quantitative estimate of drug-likeness (QED) is 0.942. The van der Waals surface area contributed by atoms with Crippen molar-refractivity contribution in [1.29, 1.82) is 0 Å². The van der Waals surface area contributed by atoms with E-state index in [-0.39, 0.29) is 5.82 Å².